The average Bonchev–Trinajstić information content (AvgIpc) is 2.78. The number of ether oxygens (including phenoxy) is 2. The lowest BCUT2D eigenvalue weighted by molar-refractivity contribution is 0.0786. The number of methoxy groups -OCH3 is 2. The molecule has 0 heterocycles. The number of hydrogen-bond acceptors (Lipinski definition) is 5. The van der Waals surface area contributed by atoms with E-state index >= 15 is 0 Å². The van der Waals surface area contributed by atoms with Crippen molar-refractivity contribution in [3.8, 4) is 11.5 Å². The van der Waals surface area contributed by atoms with E-state index in [-0.39, 0.29) is 27.8 Å². The summed E-state index contributed by atoms with van der Waals surface area (Å²) in [7, 11) is 0.607. The van der Waals surface area contributed by atoms with Crippen LogP contribution in [0, 0.1) is 0 Å². The number of carbonyl (C=O) groups is 1. The number of sulfonamides is 1. The molecular formula is C23H24N2O5S. The smallest absolute Gasteiger partial charge is 0.262 e. The number of rotatable bonds is 8. The van der Waals surface area contributed by atoms with Crippen LogP contribution in [-0.4, -0.2) is 40.5 Å². The van der Waals surface area contributed by atoms with E-state index < -0.39 is 10.0 Å². The second kappa shape index (κ2) is 9.53. The molecular weight excluding hydrogens is 416 g/mol. The third-order valence-corrected chi connectivity index (χ3v) is 6.04. The standard InChI is InChI=1S/C23H24N2O5S/c1-25(16-17-9-5-4-6-10-17)23(26)19-11-7-8-12-20(19)24-31(27,28)18-13-14-21(29-2)22(15-18)30-3/h4-15,24H,16H2,1-3H3. The molecule has 3 aromatic carbocycles. The van der Waals surface area contributed by atoms with Crippen LogP contribution in [0.1, 0.15) is 15.9 Å². The Kier molecular flexibility index (Phi) is 6.81. The maximum atomic E-state index is 13.0. The fourth-order valence-corrected chi connectivity index (χ4v) is 4.18. The number of nitrogens with one attached hydrogen (secondary N) is 1. The number of anilines is 1. The fourth-order valence-electron chi connectivity index (χ4n) is 3.08. The highest BCUT2D eigenvalue weighted by Crippen LogP contribution is 2.30. The summed E-state index contributed by atoms with van der Waals surface area (Å²) in [6, 6.07) is 20.4. The first kappa shape index (κ1) is 22.2. The summed E-state index contributed by atoms with van der Waals surface area (Å²) in [6.07, 6.45) is 0. The summed E-state index contributed by atoms with van der Waals surface area (Å²) >= 11 is 0. The van der Waals surface area contributed by atoms with Crippen molar-refractivity contribution in [1.82, 2.24) is 4.90 Å². The monoisotopic (exact) mass is 440 g/mol. The van der Waals surface area contributed by atoms with Crippen LogP contribution in [0.5, 0.6) is 11.5 Å². The minimum Gasteiger partial charge on any atom is -0.493 e. The summed E-state index contributed by atoms with van der Waals surface area (Å²) in [4.78, 5) is 14.6. The zero-order valence-corrected chi connectivity index (χ0v) is 18.3. The number of carbonyl (C=O) groups excluding carboxylic acids is 1. The number of para-hydroxylation sites is 1. The van der Waals surface area contributed by atoms with E-state index in [4.69, 9.17) is 9.47 Å². The lowest BCUT2D eigenvalue weighted by Gasteiger charge is -2.20. The molecule has 0 saturated heterocycles. The van der Waals surface area contributed by atoms with E-state index in [1.807, 2.05) is 30.3 Å². The Hall–Kier alpha value is -3.52. The van der Waals surface area contributed by atoms with Crippen LogP contribution in [-0.2, 0) is 16.6 Å². The van der Waals surface area contributed by atoms with Gasteiger partial charge in [-0.05, 0) is 29.8 Å². The van der Waals surface area contributed by atoms with Gasteiger partial charge in [0.15, 0.2) is 11.5 Å². The van der Waals surface area contributed by atoms with Gasteiger partial charge in [-0.15, -0.1) is 0 Å². The van der Waals surface area contributed by atoms with Gasteiger partial charge in [-0.25, -0.2) is 8.42 Å². The van der Waals surface area contributed by atoms with Crippen LogP contribution < -0.4 is 14.2 Å². The van der Waals surface area contributed by atoms with Crippen LogP contribution in [0.15, 0.2) is 77.7 Å². The third-order valence-electron chi connectivity index (χ3n) is 4.68. The van der Waals surface area contributed by atoms with E-state index in [0.29, 0.717) is 12.3 Å². The molecule has 0 aliphatic heterocycles. The molecule has 8 heteroatoms. The molecule has 0 saturated carbocycles. The van der Waals surface area contributed by atoms with E-state index in [2.05, 4.69) is 4.72 Å². The largest absolute Gasteiger partial charge is 0.493 e. The van der Waals surface area contributed by atoms with Crippen LogP contribution in [0.2, 0.25) is 0 Å². The van der Waals surface area contributed by atoms with Crippen LogP contribution >= 0.6 is 0 Å². The molecule has 162 valence electrons. The predicted molar refractivity (Wildman–Crippen MR) is 119 cm³/mol. The summed E-state index contributed by atoms with van der Waals surface area (Å²) in [5.74, 6) is 0.409. The molecule has 0 aliphatic rings. The average molecular weight is 441 g/mol. The van der Waals surface area contributed by atoms with Crippen molar-refractivity contribution in [1.29, 1.82) is 0 Å². The molecule has 3 aromatic rings. The highest BCUT2D eigenvalue weighted by Gasteiger charge is 2.22. The first-order valence-corrected chi connectivity index (χ1v) is 11.0. The molecule has 0 aromatic heterocycles. The summed E-state index contributed by atoms with van der Waals surface area (Å²) in [6.45, 7) is 0.399. The SMILES string of the molecule is COc1ccc(S(=O)(=O)Nc2ccccc2C(=O)N(C)Cc2ccccc2)cc1OC. The van der Waals surface area contributed by atoms with Gasteiger partial charge in [0.2, 0.25) is 0 Å². The predicted octanol–water partition coefficient (Wildman–Crippen LogP) is 3.78. The lowest BCUT2D eigenvalue weighted by atomic mass is 10.1. The Balaban J connectivity index is 1.87. The van der Waals surface area contributed by atoms with Crippen LogP contribution in [0.3, 0.4) is 0 Å². The lowest BCUT2D eigenvalue weighted by Crippen LogP contribution is -2.27. The number of nitrogens with zero attached hydrogens (tertiary/aromatic N) is 1. The topological polar surface area (TPSA) is 84.9 Å². The fraction of sp³-hybridized carbons (Fsp3) is 0.174. The van der Waals surface area contributed by atoms with Gasteiger partial charge in [0, 0.05) is 19.7 Å². The first-order valence-electron chi connectivity index (χ1n) is 9.49. The minimum atomic E-state index is -3.97. The van der Waals surface area contributed by atoms with Crippen molar-refractivity contribution in [2.75, 3.05) is 26.0 Å². The quantitative estimate of drug-likeness (QED) is 0.576. The first-order chi connectivity index (χ1) is 14.9. The van der Waals surface area contributed by atoms with Crippen molar-refractivity contribution in [3.63, 3.8) is 0 Å². The van der Waals surface area contributed by atoms with Crippen molar-refractivity contribution in [2.24, 2.45) is 0 Å². The Morgan fingerprint density at radius 1 is 0.903 bits per heavy atom. The zero-order valence-electron chi connectivity index (χ0n) is 17.5. The molecule has 31 heavy (non-hydrogen) atoms. The molecule has 0 fully saturated rings. The summed E-state index contributed by atoms with van der Waals surface area (Å²) in [5, 5.41) is 0. The highest BCUT2D eigenvalue weighted by atomic mass is 32.2. The van der Waals surface area contributed by atoms with Crippen molar-refractivity contribution < 1.29 is 22.7 Å². The van der Waals surface area contributed by atoms with Gasteiger partial charge in [-0.3, -0.25) is 9.52 Å². The third kappa shape index (κ3) is 5.16. The second-order valence-electron chi connectivity index (χ2n) is 6.81. The van der Waals surface area contributed by atoms with Gasteiger partial charge in [0.05, 0.1) is 30.4 Å². The Morgan fingerprint density at radius 3 is 2.23 bits per heavy atom. The van der Waals surface area contributed by atoms with Gasteiger partial charge in [-0.2, -0.15) is 0 Å². The molecule has 7 nitrogen and oxygen atoms in total. The van der Waals surface area contributed by atoms with Gasteiger partial charge in [-0.1, -0.05) is 42.5 Å². The highest BCUT2D eigenvalue weighted by molar-refractivity contribution is 7.92. The molecule has 1 amide bonds. The number of benzene rings is 3. The minimum absolute atomic E-state index is 0.00922. The molecule has 1 N–H and O–H groups in total. The maximum Gasteiger partial charge on any atom is 0.262 e. The summed E-state index contributed by atoms with van der Waals surface area (Å²) < 4.78 is 38.8. The molecule has 0 unspecified atom stereocenters. The normalized spacial score (nSPS) is 10.9. The maximum absolute atomic E-state index is 13.0. The second-order valence-corrected chi connectivity index (χ2v) is 8.50. The molecule has 0 aliphatic carbocycles. The van der Waals surface area contributed by atoms with Crippen molar-refractivity contribution in [3.05, 3.63) is 83.9 Å². The molecule has 0 atom stereocenters. The Labute approximate surface area is 182 Å². The van der Waals surface area contributed by atoms with E-state index in [9.17, 15) is 13.2 Å². The molecule has 3 rings (SSSR count). The van der Waals surface area contributed by atoms with Gasteiger partial charge in [0.25, 0.3) is 15.9 Å². The van der Waals surface area contributed by atoms with Crippen molar-refractivity contribution in [2.45, 2.75) is 11.4 Å². The van der Waals surface area contributed by atoms with Gasteiger partial charge >= 0.3 is 0 Å². The number of amides is 1. The molecule has 0 bridgehead atoms. The van der Waals surface area contributed by atoms with E-state index in [0.717, 1.165) is 5.56 Å². The van der Waals surface area contributed by atoms with E-state index in [1.165, 1.54) is 32.4 Å². The Morgan fingerprint density at radius 2 is 1.55 bits per heavy atom. The molecule has 0 spiro atoms. The van der Waals surface area contributed by atoms with Gasteiger partial charge < -0.3 is 14.4 Å². The zero-order chi connectivity index (χ0) is 22.4. The summed E-state index contributed by atoms with van der Waals surface area (Å²) in [5.41, 5.74) is 1.42. The van der Waals surface area contributed by atoms with Gasteiger partial charge in [0.1, 0.15) is 0 Å². The molecule has 0 radical (unpaired) electrons. The van der Waals surface area contributed by atoms with Crippen molar-refractivity contribution >= 4 is 21.6 Å². The number of hydrogen-bond donors (Lipinski definition) is 1. The Bertz CT molecular complexity index is 1160. The van der Waals surface area contributed by atoms with Crippen LogP contribution in [0.4, 0.5) is 5.69 Å². The van der Waals surface area contributed by atoms with Crippen LogP contribution in [0.25, 0.3) is 0 Å². The van der Waals surface area contributed by atoms with E-state index in [1.54, 1.807) is 36.2 Å².